The van der Waals surface area contributed by atoms with Crippen LogP contribution in [0.15, 0.2) is 40.9 Å². The van der Waals surface area contributed by atoms with Gasteiger partial charge in [-0.2, -0.15) is 0 Å². The molecule has 0 unspecified atom stereocenters. The van der Waals surface area contributed by atoms with Crippen molar-refractivity contribution in [3.8, 4) is 0 Å². The van der Waals surface area contributed by atoms with Gasteiger partial charge in [0.1, 0.15) is 5.82 Å². The number of carbonyl (C=O) groups excluding carboxylic acids is 1. The summed E-state index contributed by atoms with van der Waals surface area (Å²) in [5.41, 5.74) is 7.02. The van der Waals surface area contributed by atoms with Gasteiger partial charge in [0.15, 0.2) is 5.13 Å². The lowest BCUT2D eigenvalue weighted by Crippen LogP contribution is -2.13. The standard InChI is InChI=1S/C14H9BrFN3OS/c15-9-3-1-2-8(12(9)16)13(20)19-14-18-10-5-4-7(17)6-11(10)21-14/h1-6H,17H2,(H,18,19,20). The Morgan fingerprint density at radius 3 is 2.95 bits per heavy atom. The molecule has 0 spiro atoms. The number of carbonyl (C=O) groups is 1. The minimum atomic E-state index is -0.597. The van der Waals surface area contributed by atoms with Gasteiger partial charge in [-0.05, 0) is 46.3 Å². The number of nitrogen functional groups attached to an aromatic ring is 1. The molecule has 106 valence electrons. The molecule has 0 bridgehead atoms. The highest BCUT2D eigenvalue weighted by molar-refractivity contribution is 9.10. The molecule has 0 aliphatic heterocycles. The first kappa shape index (κ1) is 14.0. The van der Waals surface area contributed by atoms with Crippen LogP contribution in [0.4, 0.5) is 15.2 Å². The van der Waals surface area contributed by atoms with Gasteiger partial charge >= 0.3 is 0 Å². The van der Waals surface area contributed by atoms with Crippen LogP contribution in [0.3, 0.4) is 0 Å². The van der Waals surface area contributed by atoms with E-state index in [0.29, 0.717) is 10.8 Å². The fourth-order valence-corrected chi connectivity index (χ4v) is 3.11. The second-order valence-electron chi connectivity index (χ2n) is 4.30. The van der Waals surface area contributed by atoms with Crippen molar-refractivity contribution in [3.63, 3.8) is 0 Å². The van der Waals surface area contributed by atoms with Gasteiger partial charge in [-0.15, -0.1) is 0 Å². The largest absolute Gasteiger partial charge is 0.399 e. The first-order chi connectivity index (χ1) is 10.0. The Morgan fingerprint density at radius 2 is 2.14 bits per heavy atom. The molecule has 1 heterocycles. The number of rotatable bonds is 2. The highest BCUT2D eigenvalue weighted by atomic mass is 79.9. The number of thiazole rings is 1. The van der Waals surface area contributed by atoms with Gasteiger partial charge in [0, 0.05) is 5.69 Å². The lowest BCUT2D eigenvalue weighted by molar-refractivity contribution is 0.102. The molecule has 3 aromatic rings. The molecule has 0 aliphatic rings. The second kappa shape index (κ2) is 5.42. The van der Waals surface area contributed by atoms with Crippen molar-refractivity contribution in [2.45, 2.75) is 0 Å². The monoisotopic (exact) mass is 365 g/mol. The van der Waals surface area contributed by atoms with Gasteiger partial charge in [-0.25, -0.2) is 9.37 Å². The number of fused-ring (bicyclic) bond motifs is 1. The molecule has 2 aromatic carbocycles. The summed E-state index contributed by atoms with van der Waals surface area (Å²) in [5.74, 6) is -1.14. The quantitative estimate of drug-likeness (QED) is 0.673. The van der Waals surface area contributed by atoms with Crippen LogP contribution < -0.4 is 11.1 Å². The molecule has 7 heteroatoms. The van der Waals surface area contributed by atoms with Crippen molar-refractivity contribution >= 4 is 54.2 Å². The SMILES string of the molecule is Nc1ccc2nc(NC(=O)c3cccc(Br)c3F)sc2c1. The Hall–Kier alpha value is -1.99. The molecule has 3 rings (SSSR count). The van der Waals surface area contributed by atoms with Gasteiger partial charge < -0.3 is 5.73 Å². The number of nitrogens with two attached hydrogens (primary N) is 1. The predicted molar refractivity (Wildman–Crippen MR) is 86.1 cm³/mol. The maximum atomic E-state index is 13.9. The van der Waals surface area contributed by atoms with Crippen molar-refractivity contribution in [1.82, 2.24) is 4.98 Å². The van der Waals surface area contributed by atoms with Crippen LogP contribution in [0.5, 0.6) is 0 Å². The zero-order valence-electron chi connectivity index (χ0n) is 10.6. The second-order valence-corrected chi connectivity index (χ2v) is 6.19. The van der Waals surface area contributed by atoms with Crippen molar-refractivity contribution < 1.29 is 9.18 Å². The van der Waals surface area contributed by atoms with E-state index in [1.807, 2.05) is 0 Å². The van der Waals surface area contributed by atoms with Crippen LogP contribution in [0.25, 0.3) is 10.2 Å². The molecular weight excluding hydrogens is 357 g/mol. The third-order valence-electron chi connectivity index (χ3n) is 2.83. The van der Waals surface area contributed by atoms with Crippen molar-refractivity contribution in [2.24, 2.45) is 0 Å². The topological polar surface area (TPSA) is 68.0 Å². The van der Waals surface area contributed by atoms with Crippen molar-refractivity contribution in [1.29, 1.82) is 0 Å². The molecule has 0 saturated carbocycles. The van der Waals surface area contributed by atoms with Crippen LogP contribution in [0, 0.1) is 5.82 Å². The van der Waals surface area contributed by atoms with Crippen molar-refractivity contribution in [2.75, 3.05) is 11.1 Å². The third-order valence-corrected chi connectivity index (χ3v) is 4.38. The summed E-state index contributed by atoms with van der Waals surface area (Å²) in [6, 6.07) is 9.84. The smallest absolute Gasteiger partial charge is 0.260 e. The normalized spacial score (nSPS) is 10.8. The van der Waals surface area contributed by atoms with E-state index in [-0.39, 0.29) is 10.0 Å². The Morgan fingerprint density at radius 1 is 1.33 bits per heavy atom. The van der Waals surface area contributed by atoms with Crippen LogP contribution in [-0.4, -0.2) is 10.9 Å². The maximum Gasteiger partial charge on any atom is 0.260 e. The van der Waals surface area contributed by atoms with Gasteiger partial charge in [-0.1, -0.05) is 17.4 Å². The Kier molecular flexibility index (Phi) is 3.60. The number of aromatic nitrogens is 1. The van der Waals surface area contributed by atoms with E-state index in [4.69, 9.17) is 5.73 Å². The van der Waals surface area contributed by atoms with E-state index < -0.39 is 11.7 Å². The molecule has 21 heavy (non-hydrogen) atoms. The number of hydrogen-bond donors (Lipinski definition) is 2. The van der Waals surface area contributed by atoms with E-state index >= 15 is 0 Å². The minimum absolute atomic E-state index is 0.0388. The fraction of sp³-hybridized carbons (Fsp3) is 0. The van der Waals surface area contributed by atoms with E-state index in [1.54, 1.807) is 24.3 Å². The highest BCUT2D eigenvalue weighted by Gasteiger charge is 2.15. The summed E-state index contributed by atoms with van der Waals surface area (Å²) in [6.45, 7) is 0. The Balaban J connectivity index is 1.91. The van der Waals surface area contributed by atoms with Crippen LogP contribution in [-0.2, 0) is 0 Å². The van der Waals surface area contributed by atoms with E-state index in [9.17, 15) is 9.18 Å². The predicted octanol–water partition coefficient (Wildman–Crippen LogP) is 4.03. The summed E-state index contributed by atoms with van der Waals surface area (Å²) in [7, 11) is 0. The molecule has 0 aliphatic carbocycles. The van der Waals surface area contributed by atoms with Gasteiger partial charge in [0.2, 0.25) is 0 Å². The van der Waals surface area contributed by atoms with Gasteiger partial charge in [0.05, 0.1) is 20.3 Å². The number of amides is 1. The van der Waals surface area contributed by atoms with E-state index in [2.05, 4.69) is 26.2 Å². The molecule has 1 amide bonds. The number of nitrogens with zero attached hydrogens (tertiary/aromatic N) is 1. The molecule has 0 atom stereocenters. The first-order valence-corrected chi connectivity index (χ1v) is 7.57. The molecule has 0 saturated heterocycles. The Bertz CT molecular complexity index is 849. The molecular formula is C14H9BrFN3OS. The number of halogens is 2. The number of nitrogens with one attached hydrogen (secondary N) is 1. The first-order valence-electron chi connectivity index (χ1n) is 5.96. The lowest BCUT2D eigenvalue weighted by atomic mass is 10.2. The summed E-state index contributed by atoms with van der Waals surface area (Å²) in [4.78, 5) is 16.4. The average Bonchev–Trinajstić information content (AvgIpc) is 2.83. The highest BCUT2D eigenvalue weighted by Crippen LogP contribution is 2.28. The summed E-state index contributed by atoms with van der Waals surface area (Å²) >= 11 is 4.34. The van der Waals surface area contributed by atoms with E-state index in [0.717, 1.165) is 10.2 Å². The van der Waals surface area contributed by atoms with Crippen LogP contribution >= 0.6 is 27.3 Å². The molecule has 0 radical (unpaired) electrons. The van der Waals surface area contributed by atoms with Crippen molar-refractivity contribution in [3.05, 3.63) is 52.3 Å². The molecule has 4 nitrogen and oxygen atoms in total. The number of benzene rings is 2. The van der Waals surface area contributed by atoms with Gasteiger partial charge in [-0.3, -0.25) is 10.1 Å². The number of hydrogen-bond acceptors (Lipinski definition) is 4. The van der Waals surface area contributed by atoms with Gasteiger partial charge in [0.25, 0.3) is 5.91 Å². The number of anilines is 2. The molecule has 3 N–H and O–H groups in total. The molecule has 1 aromatic heterocycles. The fourth-order valence-electron chi connectivity index (χ4n) is 1.84. The summed E-state index contributed by atoms with van der Waals surface area (Å²) < 4.78 is 15.0. The Labute approximate surface area is 131 Å². The zero-order chi connectivity index (χ0) is 15.0. The van der Waals surface area contributed by atoms with Crippen LogP contribution in [0.1, 0.15) is 10.4 Å². The molecule has 0 fully saturated rings. The van der Waals surface area contributed by atoms with Crippen LogP contribution in [0.2, 0.25) is 0 Å². The zero-order valence-corrected chi connectivity index (χ0v) is 13.0. The summed E-state index contributed by atoms with van der Waals surface area (Å²) in [6.07, 6.45) is 0. The average molecular weight is 366 g/mol. The minimum Gasteiger partial charge on any atom is -0.399 e. The lowest BCUT2D eigenvalue weighted by Gasteiger charge is -2.03. The van der Waals surface area contributed by atoms with E-state index in [1.165, 1.54) is 23.5 Å². The summed E-state index contributed by atoms with van der Waals surface area (Å²) in [5, 5.41) is 3.00. The third kappa shape index (κ3) is 2.74. The maximum absolute atomic E-state index is 13.9.